The van der Waals surface area contributed by atoms with Gasteiger partial charge in [0.25, 0.3) is 5.91 Å². The molecule has 0 fully saturated rings. The fraction of sp³-hybridized carbons (Fsp3) is 0.227. The lowest BCUT2D eigenvalue weighted by Crippen LogP contribution is -2.27. The van der Waals surface area contributed by atoms with Gasteiger partial charge in [-0.15, -0.1) is 5.10 Å². The average molecular weight is 406 g/mol. The fourth-order valence-electron chi connectivity index (χ4n) is 2.92. The highest BCUT2D eigenvalue weighted by Gasteiger charge is 2.24. The van der Waals surface area contributed by atoms with Gasteiger partial charge < -0.3 is 10.6 Å². The maximum Gasteiger partial charge on any atom is 0.251 e. The van der Waals surface area contributed by atoms with Crippen LogP contribution in [0.2, 0.25) is 0 Å². The molecule has 0 bridgehead atoms. The third-order valence-electron chi connectivity index (χ3n) is 4.52. The van der Waals surface area contributed by atoms with Crippen LogP contribution in [0.5, 0.6) is 0 Å². The summed E-state index contributed by atoms with van der Waals surface area (Å²) < 4.78 is 1.77. The number of fused-ring (bicyclic) bond motifs is 1. The number of benzene rings is 2. The van der Waals surface area contributed by atoms with Crippen molar-refractivity contribution in [3.8, 4) is 0 Å². The molecule has 0 radical (unpaired) electrons. The number of hydrogen-bond acceptors (Lipinski definition) is 5. The number of nitrogens with zero attached hydrogens (tertiary/aromatic N) is 3. The summed E-state index contributed by atoms with van der Waals surface area (Å²) in [6.45, 7) is 6.37. The van der Waals surface area contributed by atoms with Crippen LogP contribution in [0.3, 0.4) is 0 Å². The minimum Gasteiger partial charge on any atom is -0.345 e. The summed E-state index contributed by atoms with van der Waals surface area (Å²) in [4.78, 5) is 18.5. The highest BCUT2D eigenvalue weighted by Crippen LogP contribution is 2.28. The number of amides is 1. The topological polar surface area (TPSA) is 71.3 Å². The van der Waals surface area contributed by atoms with Gasteiger partial charge in [-0.2, -0.15) is 0 Å². The zero-order valence-corrected chi connectivity index (χ0v) is 17.4. The van der Waals surface area contributed by atoms with E-state index >= 15 is 0 Å². The van der Waals surface area contributed by atoms with E-state index < -0.39 is 6.04 Å². The van der Waals surface area contributed by atoms with E-state index in [1.54, 1.807) is 4.52 Å². The van der Waals surface area contributed by atoms with E-state index in [4.69, 9.17) is 0 Å². The van der Waals surface area contributed by atoms with Crippen molar-refractivity contribution >= 4 is 33.0 Å². The van der Waals surface area contributed by atoms with E-state index in [2.05, 4.69) is 41.5 Å². The molecule has 29 heavy (non-hydrogen) atoms. The Labute approximate surface area is 173 Å². The Hall–Kier alpha value is -3.19. The molecule has 148 valence electrons. The first-order valence-corrected chi connectivity index (χ1v) is 10.3. The van der Waals surface area contributed by atoms with Crippen molar-refractivity contribution < 1.29 is 4.79 Å². The quantitative estimate of drug-likeness (QED) is 0.496. The standard InChI is InChI=1S/C22H23N5OS/c1-22(2,3)17-14-27-21(24-17)29-20(26-27)25-18(15-10-6-4-7-11-15)19(28)23-16-12-8-5-9-13-16/h4-14,18H,1-3H3,(H,23,28)(H,25,26). The number of imidazole rings is 1. The van der Waals surface area contributed by atoms with Gasteiger partial charge in [0.05, 0.1) is 11.9 Å². The van der Waals surface area contributed by atoms with Gasteiger partial charge in [-0.3, -0.25) is 4.79 Å². The van der Waals surface area contributed by atoms with Crippen LogP contribution in [0.1, 0.15) is 38.1 Å². The molecule has 2 aromatic carbocycles. The molecular formula is C22H23N5OS. The Morgan fingerprint density at radius 3 is 2.31 bits per heavy atom. The van der Waals surface area contributed by atoms with E-state index in [1.807, 2.05) is 66.9 Å². The number of anilines is 2. The van der Waals surface area contributed by atoms with Crippen LogP contribution >= 0.6 is 11.3 Å². The zero-order chi connectivity index (χ0) is 20.4. The van der Waals surface area contributed by atoms with E-state index in [0.717, 1.165) is 21.9 Å². The number of nitrogens with one attached hydrogen (secondary N) is 2. The molecule has 0 aliphatic carbocycles. The summed E-state index contributed by atoms with van der Waals surface area (Å²) in [7, 11) is 0. The number of aromatic nitrogens is 3. The maximum absolute atomic E-state index is 13.0. The first kappa shape index (κ1) is 19.1. The average Bonchev–Trinajstić information content (AvgIpc) is 3.26. The van der Waals surface area contributed by atoms with Crippen molar-refractivity contribution in [1.29, 1.82) is 0 Å². The van der Waals surface area contributed by atoms with Crippen molar-refractivity contribution in [3.63, 3.8) is 0 Å². The molecule has 1 atom stereocenters. The summed E-state index contributed by atoms with van der Waals surface area (Å²) in [5, 5.41) is 11.5. The van der Waals surface area contributed by atoms with Crippen molar-refractivity contribution in [1.82, 2.24) is 14.6 Å². The molecule has 1 amide bonds. The van der Waals surface area contributed by atoms with Crippen LogP contribution < -0.4 is 10.6 Å². The summed E-state index contributed by atoms with van der Waals surface area (Å²) in [6, 6.07) is 18.5. The fourth-order valence-corrected chi connectivity index (χ4v) is 3.73. The van der Waals surface area contributed by atoms with Crippen molar-refractivity contribution in [3.05, 3.63) is 78.1 Å². The molecule has 0 aliphatic rings. The Morgan fingerprint density at radius 1 is 1.03 bits per heavy atom. The van der Waals surface area contributed by atoms with Gasteiger partial charge in [0.2, 0.25) is 10.1 Å². The van der Waals surface area contributed by atoms with Gasteiger partial charge in [0.15, 0.2) is 0 Å². The predicted molar refractivity (Wildman–Crippen MR) is 117 cm³/mol. The minimum atomic E-state index is -0.575. The number of para-hydroxylation sites is 1. The van der Waals surface area contributed by atoms with Crippen LogP contribution in [-0.2, 0) is 10.2 Å². The van der Waals surface area contributed by atoms with Crippen LogP contribution in [0, 0.1) is 0 Å². The molecule has 2 N–H and O–H groups in total. The smallest absolute Gasteiger partial charge is 0.251 e. The Morgan fingerprint density at radius 2 is 1.69 bits per heavy atom. The molecule has 4 aromatic rings. The molecule has 0 saturated heterocycles. The van der Waals surface area contributed by atoms with E-state index in [9.17, 15) is 4.79 Å². The molecule has 0 spiro atoms. The number of carbonyl (C=O) groups is 1. The second-order valence-electron chi connectivity index (χ2n) is 7.85. The lowest BCUT2D eigenvalue weighted by atomic mass is 9.93. The normalized spacial score (nSPS) is 12.7. The molecule has 2 aromatic heterocycles. The second-order valence-corrected chi connectivity index (χ2v) is 8.81. The number of carbonyl (C=O) groups excluding carboxylic acids is 1. The van der Waals surface area contributed by atoms with Crippen LogP contribution in [0.25, 0.3) is 4.96 Å². The highest BCUT2D eigenvalue weighted by molar-refractivity contribution is 7.20. The Balaban J connectivity index is 1.61. The molecular weight excluding hydrogens is 382 g/mol. The summed E-state index contributed by atoms with van der Waals surface area (Å²) in [6.07, 6.45) is 1.94. The monoisotopic (exact) mass is 405 g/mol. The lowest BCUT2D eigenvalue weighted by Gasteiger charge is -2.18. The summed E-state index contributed by atoms with van der Waals surface area (Å²) in [5.41, 5.74) is 2.57. The lowest BCUT2D eigenvalue weighted by molar-refractivity contribution is -0.117. The third-order valence-corrected chi connectivity index (χ3v) is 5.37. The van der Waals surface area contributed by atoms with E-state index in [0.29, 0.717) is 5.13 Å². The van der Waals surface area contributed by atoms with Gasteiger partial charge in [-0.05, 0) is 17.7 Å². The van der Waals surface area contributed by atoms with Gasteiger partial charge >= 0.3 is 0 Å². The summed E-state index contributed by atoms with van der Waals surface area (Å²) in [5.74, 6) is -0.148. The molecule has 4 rings (SSSR count). The van der Waals surface area contributed by atoms with Crippen LogP contribution in [0.4, 0.5) is 10.8 Å². The largest absolute Gasteiger partial charge is 0.345 e. The van der Waals surface area contributed by atoms with Gasteiger partial charge in [-0.1, -0.05) is 80.6 Å². The zero-order valence-electron chi connectivity index (χ0n) is 16.6. The molecule has 7 heteroatoms. The minimum absolute atomic E-state index is 0.0385. The highest BCUT2D eigenvalue weighted by atomic mass is 32.1. The molecule has 1 unspecified atom stereocenters. The first-order valence-electron chi connectivity index (χ1n) is 9.44. The maximum atomic E-state index is 13.0. The SMILES string of the molecule is CC(C)(C)c1cn2nc(NC(C(=O)Nc3ccccc3)c3ccccc3)sc2n1. The van der Waals surface area contributed by atoms with Crippen molar-refractivity contribution in [2.45, 2.75) is 32.2 Å². The number of hydrogen-bond donors (Lipinski definition) is 2. The Kier molecular flexibility index (Phi) is 5.07. The second kappa shape index (κ2) is 7.67. The van der Waals surface area contributed by atoms with Gasteiger partial charge in [0.1, 0.15) is 6.04 Å². The molecule has 0 saturated carbocycles. The Bertz CT molecular complexity index is 1080. The van der Waals surface area contributed by atoms with Crippen molar-refractivity contribution in [2.24, 2.45) is 0 Å². The third kappa shape index (κ3) is 4.30. The molecule has 0 aliphatic heterocycles. The van der Waals surface area contributed by atoms with Gasteiger partial charge in [-0.25, -0.2) is 9.50 Å². The molecule has 2 heterocycles. The van der Waals surface area contributed by atoms with Gasteiger partial charge in [0, 0.05) is 11.1 Å². The molecule has 6 nitrogen and oxygen atoms in total. The van der Waals surface area contributed by atoms with Crippen LogP contribution in [-0.4, -0.2) is 20.5 Å². The van der Waals surface area contributed by atoms with Crippen LogP contribution in [0.15, 0.2) is 66.9 Å². The van der Waals surface area contributed by atoms with E-state index in [-0.39, 0.29) is 11.3 Å². The predicted octanol–water partition coefficient (Wildman–Crippen LogP) is 4.88. The summed E-state index contributed by atoms with van der Waals surface area (Å²) >= 11 is 1.43. The number of rotatable bonds is 5. The first-order chi connectivity index (χ1) is 13.9. The van der Waals surface area contributed by atoms with E-state index in [1.165, 1.54) is 11.3 Å². The van der Waals surface area contributed by atoms with Crippen molar-refractivity contribution in [2.75, 3.05) is 10.6 Å².